The number of hydrogen-bond acceptors (Lipinski definition) is 4. The Morgan fingerprint density at radius 3 is 2.33 bits per heavy atom. The Morgan fingerprint density at radius 2 is 1.71 bits per heavy atom. The topological polar surface area (TPSA) is 74.7 Å². The maximum Gasteiger partial charge on any atom is 0.268 e. The molecule has 24 heavy (non-hydrogen) atoms. The van der Waals surface area contributed by atoms with Gasteiger partial charge in [-0.15, -0.1) is 0 Å². The van der Waals surface area contributed by atoms with Gasteiger partial charge in [-0.1, -0.05) is 35.9 Å². The first-order chi connectivity index (χ1) is 11.3. The van der Waals surface area contributed by atoms with E-state index in [2.05, 4.69) is 0 Å². The molecule has 124 valence electrons. The number of Topliss-reactive ketones (excluding diaryl/α,β-unsaturated/α-hetero) is 1. The minimum absolute atomic E-state index is 0.0457. The average molecular weight is 343 g/mol. The largest absolute Gasteiger partial charge is 0.383 e. The molecule has 6 heteroatoms. The molecular weight excluding hydrogens is 326 g/mol. The number of nitrogens with zero attached hydrogens (tertiary/aromatic N) is 1. The highest BCUT2D eigenvalue weighted by Crippen LogP contribution is 2.39. The van der Waals surface area contributed by atoms with Gasteiger partial charge in [0.15, 0.2) is 5.78 Å². The zero-order valence-electron chi connectivity index (χ0n) is 13.3. The Kier molecular flexibility index (Phi) is 4.03. The number of sulfonamides is 1. The number of benzene rings is 2. The van der Waals surface area contributed by atoms with Crippen LogP contribution in [0, 0.1) is 6.92 Å². The van der Waals surface area contributed by atoms with Crippen LogP contribution in [0.25, 0.3) is 0 Å². The van der Waals surface area contributed by atoms with Gasteiger partial charge in [0.25, 0.3) is 10.0 Å². The zero-order chi connectivity index (χ0) is 17.5. The number of carbonyl (C=O) groups excluding carboxylic acids is 1. The Bertz CT molecular complexity index is 930. The van der Waals surface area contributed by atoms with Crippen molar-refractivity contribution in [3.8, 4) is 0 Å². The summed E-state index contributed by atoms with van der Waals surface area (Å²) in [7, 11) is -3.89. The molecule has 1 heterocycles. The standard InChI is InChI=1S/C18H17NO4S/c1-12-7-9-14(10-8-12)24(22,23)19-11-16(13(2)20)18(21)15-5-3-4-6-17(15)19/h3-11,18,21H,1-2H3. The van der Waals surface area contributed by atoms with Crippen LogP contribution in [0.5, 0.6) is 0 Å². The van der Waals surface area contributed by atoms with E-state index >= 15 is 0 Å². The third-order valence-electron chi connectivity index (χ3n) is 4.00. The van der Waals surface area contributed by atoms with Crippen molar-refractivity contribution in [2.75, 3.05) is 4.31 Å². The predicted molar refractivity (Wildman–Crippen MR) is 91.0 cm³/mol. The molecule has 0 spiro atoms. The van der Waals surface area contributed by atoms with E-state index in [9.17, 15) is 18.3 Å². The number of rotatable bonds is 3. The smallest absolute Gasteiger partial charge is 0.268 e. The fraction of sp³-hybridized carbons (Fsp3) is 0.167. The molecule has 0 aromatic heterocycles. The van der Waals surface area contributed by atoms with Crippen LogP contribution in [0.1, 0.15) is 24.2 Å². The summed E-state index contributed by atoms with van der Waals surface area (Å²) in [6.45, 7) is 3.18. The minimum atomic E-state index is -3.89. The van der Waals surface area contributed by atoms with Crippen LogP contribution in [0.15, 0.2) is 65.2 Å². The van der Waals surface area contributed by atoms with Gasteiger partial charge >= 0.3 is 0 Å². The molecule has 1 N–H and O–H groups in total. The summed E-state index contributed by atoms with van der Waals surface area (Å²) in [5.41, 5.74) is 1.73. The number of carbonyl (C=O) groups is 1. The van der Waals surface area contributed by atoms with Gasteiger partial charge in [0.1, 0.15) is 6.10 Å². The van der Waals surface area contributed by atoms with Gasteiger partial charge in [0.2, 0.25) is 0 Å². The van der Waals surface area contributed by atoms with Crippen LogP contribution in [-0.4, -0.2) is 19.3 Å². The Balaban J connectivity index is 2.21. The van der Waals surface area contributed by atoms with Gasteiger partial charge in [-0.05, 0) is 32.0 Å². The summed E-state index contributed by atoms with van der Waals surface area (Å²) in [6.07, 6.45) is 0.0769. The van der Waals surface area contributed by atoms with Crippen molar-refractivity contribution < 1.29 is 18.3 Å². The molecule has 0 aliphatic carbocycles. The van der Waals surface area contributed by atoms with E-state index in [0.29, 0.717) is 11.3 Å². The van der Waals surface area contributed by atoms with Crippen LogP contribution in [0.2, 0.25) is 0 Å². The van der Waals surface area contributed by atoms with E-state index in [4.69, 9.17) is 0 Å². The lowest BCUT2D eigenvalue weighted by molar-refractivity contribution is -0.114. The second kappa shape index (κ2) is 5.89. The molecule has 1 aliphatic heterocycles. The van der Waals surface area contributed by atoms with Crippen LogP contribution in [0.4, 0.5) is 5.69 Å². The van der Waals surface area contributed by atoms with Crippen molar-refractivity contribution in [3.05, 3.63) is 71.4 Å². The van der Waals surface area contributed by atoms with Gasteiger partial charge in [0.05, 0.1) is 10.6 Å². The van der Waals surface area contributed by atoms with Crippen molar-refractivity contribution in [1.29, 1.82) is 0 Å². The van der Waals surface area contributed by atoms with Gasteiger partial charge in [-0.2, -0.15) is 0 Å². The minimum Gasteiger partial charge on any atom is -0.383 e. The number of hydrogen-bond donors (Lipinski definition) is 1. The van der Waals surface area contributed by atoms with Gasteiger partial charge < -0.3 is 5.11 Å². The Labute approximate surface area is 140 Å². The van der Waals surface area contributed by atoms with Gasteiger partial charge in [0, 0.05) is 17.3 Å². The quantitative estimate of drug-likeness (QED) is 0.930. The highest BCUT2D eigenvalue weighted by atomic mass is 32.2. The maximum absolute atomic E-state index is 13.0. The third-order valence-corrected chi connectivity index (χ3v) is 5.69. The molecule has 0 fully saturated rings. The molecule has 0 amide bonds. The fourth-order valence-corrected chi connectivity index (χ4v) is 4.04. The van der Waals surface area contributed by atoms with Gasteiger partial charge in [-0.3, -0.25) is 4.79 Å². The molecule has 1 unspecified atom stereocenters. The molecule has 2 aromatic carbocycles. The lowest BCUT2D eigenvalue weighted by Gasteiger charge is -2.30. The summed E-state index contributed by atoms with van der Waals surface area (Å²) in [5.74, 6) is -0.374. The highest BCUT2D eigenvalue weighted by Gasteiger charge is 2.34. The van der Waals surface area contributed by atoms with Crippen molar-refractivity contribution in [1.82, 2.24) is 0 Å². The first-order valence-electron chi connectivity index (χ1n) is 7.43. The van der Waals surface area contributed by atoms with E-state index in [1.165, 1.54) is 25.3 Å². The second-order valence-electron chi connectivity index (χ2n) is 5.72. The molecular formula is C18H17NO4S. The van der Waals surface area contributed by atoms with Crippen molar-refractivity contribution in [3.63, 3.8) is 0 Å². The molecule has 0 saturated heterocycles. The molecule has 3 rings (SSSR count). The highest BCUT2D eigenvalue weighted by molar-refractivity contribution is 7.93. The van der Waals surface area contributed by atoms with Crippen molar-refractivity contribution >= 4 is 21.5 Å². The lowest BCUT2D eigenvalue weighted by Crippen LogP contribution is -2.32. The summed E-state index contributed by atoms with van der Waals surface area (Å²) >= 11 is 0. The lowest BCUT2D eigenvalue weighted by atomic mass is 9.95. The van der Waals surface area contributed by atoms with E-state index in [1.807, 2.05) is 6.92 Å². The zero-order valence-corrected chi connectivity index (χ0v) is 14.1. The summed E-state index contributed by atoms with van der Waals surface area (Å²) in [4.78, 5) is 11.9. The molecule has 1 aliphatic rings. The number of anilines is 1. The van der Waals surface area contributed by atoms with Crippen molar-refractivity contribution in [2.45, 2.75) is 24.8 Å². The van der Waals surface area contributed by atoms with Gasteiger partial charge in [-0.25, -0.2) is 12.7 Å². The first-order valence-corrected chi connectivity index (χ1v) is 8.87. The van der Waals surface area contributed by atoms with Crippen LogP contribution in [-0.2, 0) is 14.8 Å². The first kappa shape index (κ1) is 16.4. The summed E-state index contributed by atoms with van der Waals surface area (Å²) in [5, 5.41) is 10.4. The third kappa shape index (κ3) is 2.64. The normalized spacial score (nSPS) is 17.2. The molecule has 5 nitrogen and oxygen atoms in total. The van der Waals surface area contributed by atoms with E-state index in [0.717, 1.165) is 9.87 Å². The number of para-hydroxylation sites is 1. The Morgan fingerprint density at radius 1 is 1.08 bits per heavy atom. The van der Waals surface area contributed by atoms with Crippen molar-refractivity contribution in [2.24, 2.45) is 0 Å². The molecule has 0 saturated carbocycles. The summed E-state index contributed by atoms with van der Waals surface area (Å²) in [6, 6.07) is 13.1. The molecule has 1 atom stereocenters. The molecule has 2 aromatic rings. The fourth-order valence-electron chi connectivity index (χ4n) is 2.66. The Hall–Kier alpha value is -2.44. The number of ketones is 1. The second-order valence-corrected chi connectivity index (χ2v) is 7.53. The van der Waals surface area contributed by atoms with Crippen LogP contribution >= 0.6 is 0 Å². The molecule has 0 bridgehead atoms. The number of fused-ring (bicyclic) bond motifs is 1. The molecule has 0 radical (unpaired) electrons. The van der Waals surface area contributed by atoms with E-state index < -0.39 is 16.1 Å². The average Bonchev–Trinajstić information content (AvgIpc) is 2.55. The number of aryl methyl sites for hydroxylation is 1. The van der Waals surface area contributed by atoms with E-state index in [-0.39, 0.29) is 16.3 Å². The SMILES string of the molecule is CC(=O)C1=CN(S(=O)(=O)c2ccc(C)cc2)c2ccccc2C1O. The maximum atomic E-state index is 13.0. The predicted octanol–water partition coefficient (Wildman–Crippen LogP) is 2.71. The number of aliphatic hydroxyl groups excluding tert-OH is 1. The monoisotopic (exact) mass is 343 g/mol. The summed E-state index contributed by atoms with van der Waals surface area (Å²) < 4.78 is 27.1. The number of aliphatic hydroxyl groups is 1. The van der Waals surface area contributed by atoms with E-state index in [1.54, 1.807) is 36.4 Å². The van der Waals surface area contributed by atoms with Crippen LogP contribution in [0.3, 0.4) is 0 Å². The van der Waals surface area contributed by atoms with Crippen LogP contribution < -0.4 is 4.31 Å².